The van der Waals surface area contributed by atoms with E-state index >= 15 is 0 Å². The minimum atomic E-state index is 0.102. The summed E-state index contributed by atoms with van der Waals surface area (Å²) < 4.78 is 1.81. The predicted octanol–water partition coefficient (Wildman–Crippen LogP) is 0.815. The SMILES string of the molecule is Cc1ncsc1C(=O)N1CC(Cn2ccnn2)C1. The highest BCUT2D eigenvalue weighted by Gasteiger charge is 2.32. The number of aromatic nitrogens is 4. The molecule has 2 aromatic heterocycles. The quantitative estimate of drug-likeness (QED) is 0.822. The molecule has 0 N–H and O–H groups in total. The molecule has 7 heteroatoms. The van der Waals surface area contributed by atoms with Crippen molar-refractivity contribution in [2.45, 2.75) is 13.5 Å². The topological polar surface area (TPSA) is 63.9 Å². The molecule has 0 saturated carbocycles. The Bertz CT molecular complexity index is 544. The van der Waals surface area contributed by atoms with Crippen molar-refractivity contribution in [1.29, 1.82) is 0 Å². The molecule has 1 aliphatic rings. The fourth-order valence-corrected chi connectivity index (χ4v) is 2.87. The summed E-state index contributed by atoms with van der Waals surface area (Å²) in [5, 5.41) is 7.69. The molecule has 18 heavy (non-hydrogen) atoms. The average Bonchev–Trinajstić information content (AvgIpc) is 2.93. The minimum absolute atomic E-state index is 0.102. The molecule has 0 atom stereocenters. The van der Waals surface area contributed by atoms with Gasteiger partial charge in [0.25, 0.3) is 5.91 Å². The molecular weight excluding hydrogens is 250 g/mol. The van der Waals surface area contributed by atoms with Gasteiger partial charge >= 0.3 is 0 Å². The summed E-state index contributed by atoms with van der Waals surface area (Å²) in [6.07, 6.45) is 3.51. The van der Waals surface area contributed by atoms with E-state index in [9.17, 15) is 4.79 Å². The molecule has 1 aliphatic heterocycles. The summed E-state index contributed by atoms with van der Waals surface area (Å²) >= 11 is 1.41. The Labute approximate surface area is 108 Å². The van der Waals surface area contributed by atoms with Crippen molar-refractivity contribution in [1.82, 2.24) is 24.9 Å². The smallest absolute Gasteiger partial charge is 0.265 e. The van der Waals surface area contributed by atoms with Crippen LogP contribution in [0.3, 0.4) is 0 Å². The van der Waals surface area contributed by atoms with Crippen molar-refractivity contribution in [3.05, 3.63) is 28.5 Å². The first kappa shape index (κ1) is 11.3. The Hall–Kier alpha value is -1.76. The first-order valence-corrected chi connectivity index (χ1v) is 6.65. The third-order valence-electron chi connectivity index (χ3n) is 3.10. The molecule has 3 heterocycles. The Kier molecular flexibility index (Phi) is 2.83. The number of likely N-dealkylation sites (tertiary alicyclic amines) is 1. The second kappa shape index (κ2) is 4.49. The number of aryl methyl sites for hydroxylation is 1. The Morgan fingerprint density at radius 3 is 3.00 bits per heavy atom. The molecule has 2 aromatic rings. The number of thiazole rings is 1. The maximum absolute atomic E-state index is 12.1. The second-order valence-corrected chi connectivity index (χ2v) is 5.32. The molecule has 6 nitrogen and oxygen atoms in total. The predicted molar refractivity (Wildman–Crippen MR) is 66.3 cm³/mol. The van der Waals surface area contributed by atoms with Crippen molar-refractivity contribution < 1.29 is 4.79 Å². The molecule has 0 aliphatic carbocycles. The maximum Gasteiger partial charge on any atom is 0.265 e. The van der Waals surface area contributed by atoms with Crippen molar-refractivity contribution in [3.63, 3.8) is 0 Å². The molecule has 0 unspecified atom stereocenters. The molecule has 0 aromatic carbocycles. The first-order valence-electron chi connectivity index (χ1n) is 5.77. The van der Waals surface area contributed by atoms with E-state index in [4.69, 9.17) is 0 Å². The van der Waals surface area contributed by atoms with Crippen LogP contribution in [0, 0.1) is 12.8 Å². The van der Waals surface area contributed by atoms with E-state index in [2.05, 4.69) is 15.3 Å². The molecule has 1 saturated heterocycles. The molecule has 0 radical (unpaired) electrons. The molecule has 3 rings (SSSR count). The van der Waals surface area contributed by atoms with Gasteiger partial charge in [0, 0.05) is 31.7 Å². The monoisotopic (exact) mass is 263 g/mol. The third-order valence-corrected chi connectivity index (χ3v) is 4.02. The summed E-state index contributed by atoms with van der Waals surface area (Å²) in [5.41, 5.74) is 2.54. The highest BCUT2D eigenvalue weighted by atomic mass is 32.1. The van der Waals surface area contributed by atoms with Gasteiger partial charge in [-0.15, -0.1) is 16.4 Å². The van der Waals surface area contributed by atoms with Crippen LogP contribution in [0.5, 0.6) is 0 Å². The van der Waals surface area contributed by atoms with E-state index < -0.39 is 0 Å². The lowest BCUT2D eigenvalue weighted by Crippen LogP contribution is -2.51. The number of hydrogen-bond donors (Lipinski definition) is 0. The molecule has 1 fully saturated rings. The normalized spacial score (nSPS) is 15.7. The van der Waals surface area contributed by atoms with Crippen LogP contribution in [0.2, 0.25) is 0 Å². The van der Waals surface area contributed by atoms with Crippen molar-refractivity contribution in [2.24, 2.45) is 5.92 Å². The van der Waals surface area contributed by atoms with E-state index in [1.54, 1.807) is 11.7 Å². The van der Waals surface area contributed by atoms with E-state index in [0.29, 0.717) is 5.92 Å². The number of nitrogens with zero attached hydrogens (tertiary/aromatic N) is 5. The second-order valence-electron chi connectivity index (χ2n) is 4.47. The van der Waals surface area contributed by atoms with Gasteiger partial charge < -0.3 is 4.90 Å². The molecule has 0 spiro atoms. The van der Waals surface area contributed by atoms with Gasteiger partial charge in [-0.2, -0.15) is 0 Å². The zero-order chi connectivity index (χ0) is 12.5. The van der Waals surface area contributed by atoms with Gasteiger partial charge in [0.15, 0.2) is 0 Å². The van der Waals surface area contributed by atoms with Crippen LogP contribution in [0.4, 0.5) is 0 Å². The third kappa shape index (κ3) is 2.01. The summed E-state index contributed by atoms with van der Waals surface area (Å²) in [6, 6.07) is 0. The minimum Gasteiger partial charge on any atom is -0.337 e. The fourth-order valence-electron chi connectivity index (χ4n) is 2.10. The highest BCUT2D eigenvalue weighted by Crippen LogP contribution is 2.23. The van der Waals surface area contributed by atoms with E-state index in [1.165, 1.54) is 11.3 Å². The van der Waals surface area contributed by atoms with Crippen LogP contribution in [-0.4, -0.2) is 43.9 Å². The number of carbonyl (C=O) groups is 1. The van der Waals surface area contributed by atoms with Crippen molar-refractivity contribution >= 4 is 17.2 Å². The lowest BCUT2D eigenvalue weighted by atomic mass is 10.00. The van der Waals surface area contributed by atoms with E-state index in [1.807, 2.05) is 22.7 Å². The molecule has 94 valence electrons. The van der Waals surface area contributed by atoms with Crippen LogP contribution in [0.25, 0.3) is 0 Å². The van der Waals surface area contributed by atoms with Gasteiger partial charge in [-0.3, -0.25) is 9.48 Å². The molecule has 0 bridgehead atoms. The maximum atomic E-state index is 12.1. The Balaban J connectivity index is 1.56. The summed E-state index contributed by atoms with van der Waals surface area (Å²) in [6.45, 7) is 4.27. The van der Waals surface area contributed by atoms with Crippen molar-refractivity contribution in [2.75, 3.05) is 13.1 Å². The average molecular weight is 263 g/mol. The number of rotatable bonds is 3. The van der Waals surface area contributed by atoms with Crippen LogP contribution < -0.4 is 0 Å². The van der Waals surface area contributed by atoms with Crippen LogP contribution >= 0.6 is 11.3 Å². The van der Waals surface area contributed by atoms with Gasteiger partial charge in [0.1, 0.15) is 4.88 Å². The standard InChI is InChI=1S/C11H13N5OS/c1-8-10(18-7-12-8)11(17)15-4-9(5-15)6-16-3-2-13-14-16/h2-3,7,9H,4-6H2,1H3. The Morgan fingerprint density at radius 2 is 2.39 bits per heavy atom. The van der Waals surface area contributed by atoms with Gasteiger partial charge in [0.05, 0.1) is 17.4 Å². The lowest BCUT2D eigenvalue weighted by molar-refractivity contribution is 0.0464. The first-order chi connectivity index (χ1) is 8.74. The van der Waals surface area contributed by atoms with E-state index in [0.717, 1.165) is 30.2 Å². The van der Waals surface area contributed by atoms with Crippen molar-refractivity contribution in [3.8, 4) is 0 Å². The van der Waals surface area contributed by atoms with Gasteiger partial charge in [-0.05, 0) is 6.92 Å². The number of amides is 1. The Morgan fingerprint density at radius 1 is 1.56 bits per heavy atom. The lowest BCUT2D eigenvalue weighted by Gasteiger charge is -2.38. The number of hydrogen-bond acceptors (Lipinski definition) is 5. The van der Waals surface area contributed by atoms with Gasteiger partial charge in [-0.25, -0.2) is 4.98 Å². The van der Waals surface area contributed by atoms with Crippen LogP contribution in [0.15, 0.2) is 17.9 Å². The summed E-state index contributed by atoms with van der Waals surface area (Å²) in [7, 11) is 0. The number of carbonyl (C=O) groups excluding carboxylic acids is 1. The largest absolute Gasteiger partial charge is 0.337 e. The highest BCUT2D eigenvalue weighted by molar-refractivity contribution is 7.11. The van der Waals surface area contributed by atoms with Gasteiger partial charge in [0.2, 0.25) is 0 Å². The van der Waals surface area contributed by atoms with Crippen LogP contribution in [-0.2, 0) is 6.54 Å². The van der Waals surface area contributed by atoms with Gasteiger partial charge in [-0.1, -0.05) is 5.21 Å². The summed E-state index contributed by atoms with van der Waals surface area (Å²) in [4.78, 5) is 18.8. The molecular formula is C11H13N5OS. The molecule has 1 amide bonds. The zero-order valence-electron chi connectivity index (χ0n) is 9.98. The summed E-state index contributed by atoms with van der Waals surface area (Å²) in [5.74, 6) is 0.578. The zero-order valence-corrected chi connectivity index (χ0v) is 10.8. The van der Waals surface area contributed by atoms with Crippen LogP contribution in [0.1, 0.15) is 15.4 Å². The fraction of sp³-hybridized carbons (Fsp3) is 0.455. The van der Waals surface area contributed by atoms with E-state index in [-0.39, 0.29) is 5.91 Å².